The maximum absolute atomic E-state index is 11.9. The molecule has 0 radical (unpaired) electrons. The normalized spacial score (nSPS) is 18.7. The maximum atomic E-state index is 11.9. The summed E-state index contributed by atoms with van der Waals surface area (Å²) in [7, 11) is 0. The summed E-state index contributed by atoms with van der Waals surface area (Å²) in [6, 6.07) is 0. The molecule has 1 aromatic heterocycles. The second-order valence-electron chi connectivity index (χ2n) is 4.69. The fraction of sp³-hybridized carbons (Fsp3) is 0.636. The average molecular weight is 224 g/mol. The third-order valence-corrected chi connectivity index (χ3v) is 3.23. The minimum absolute atomic E-state index is 0.146. The van der Waals surface area contributed by atoms with Crippen molar-refractivity contribution >= 4 is 5.91 Å². The first-order chi connectivity index (χ1) is 7.44. The molecule has 0 aromatic carbocycles. The number of hydrogen-bond donors (Lipinski definition) is 1. The summed E-state index contributed by atoms with van der Waals surface area (Å²) in [4.78, 5) is 17.4. The van der Waals surface area contributed by atoms with Gasteiger partial charge in [0.15, 0.2) is 6.39 Å². The van der Waals surface area contributed by atoms with E-state index in [1.165, 1.54) is 6.39 Å². The molecule has 0 spiro atoms. The molecule has 1 aliphatic rings. The van der Waals surface area contributed by atoms with Crippen LogP contribution in [-0.2, 0) is 0 Å². The Morgan fingerprint density at radius 2 is 2.25 bits per heavy atom. The lowest BCUT2D eigenvalue weighted by Gasteiger charge is -2.48. The SMILES string of the molecule is Cc1ncoc1C(=O)N1CC(O)(C(C)C)C1. The molecule has 88 valence electrons. The van der Waals surface area contributed by atoms with E-state index in [-0.39, 0.29) is 17.6 Å². The zero-order valence-corrected chi connectivity index (χ0v) is 9.73. The molecule has 5 heteroatoms. The van der Waals surface area contributed by atoms with Gasteiger partial charge in [0.25, 0.3) is 5.91 Å². The van der Waals surface area contributed by atoms with E-state index in [2.05, 4.69) is 4.98 Å². The van der Waals surface area contributed by atoms with Gasteiger partial charge in [0, 0.05) is 0 Å². The van der Waals surface area contributed by atoms with Crippen LogP contribution in [0.1, 0.15) is 30.1 Å². The number of oxazole rings is 1. The molecule has 1 N–H and O–H groups in total. The van der Waals surface area contributed by atoms with Gasteiger partial charge in [0.05, 0.1) is 18.8 Å². The molecule has 1 saturated heterocycles. The maximum Gasteiger partial charge on any atom is 0.291 e. The Morgan fingerprint density at radius 3 is 2.69 bits per heavy atom. The Kier molecular flexibility index (Phi) is 2.50. The highest BCUT2D eigenvalue weighted by Gasteiger charge is 2.46. The van der Waals surface area contributed by atoms with E-state index in [1.54, 1.807) is 11.8 Å². The van der Waals surface area contributed by atoms with Gasteiger partial charge in [-0.2, -0.15) is 0 Å². The molecular formula is C11H16N2O3. The second kappa shape index (κ2) is 3.59. The standard InChI is InChI=1S/C11H16N2O3/c1-7(2)11(15)4-13(5-11)10(14)9-8(3)12-6-16-9/h6-7,15H,4-5H2,1-3H3. The van der Waals surface area contributed by atoms with Crippen molar-refractivity contribution in [3.63, 3.8) is 0 Å². The number of rotatable bonds is 2. The number of amides is 1. The Bertz CT molecular complexity index is 405. The van der Waals surface area contributed by atoms with Crippen LogP contribution in [0.15, 0.2) is 10.8 Å². The van der Waals surface area contributed by atoms with Gasteiger partial charge in [-0.25, -0.2) is 4.98 Å². The van der Waals surface area contributed by atoms with Gasteiger partial charge in [-0.15, -0.1) is 0 Å². The predicted molar refractivity (Wildman–Crippen MR) is 56.9 cm³/mol. The van der Waals surface area contributed by atoms with Crippen LogP contribution in [0.5, 0.6) is 0 Å². The summed E-state index contributed by atoms with van der Waals surface area (Å²) in [5.41, 5.74) is -0.158. The van der Waals surface area contributed by atoms with Crippen LogP contribution in [0, 0.1) is 12.8 Å². The van der Waals surface area contributed by atoms with E-state index in [4.69, 9.17) is 4.42 Å². The highest BCUT2D eigenvalue weighted by atomic mass is 16.4. The Morgan fingerprint density at radius 1 is 1.62 bits per heavy atom. The third-order valence-electron chi connectivity index (χ3n) is 3.23. The molecule has 0 bridgehead atoms. The van der Waals surface area contributed by atoms with Crippen LogP contribution in [0.25, 0.3) is 0 Å². The summed E-state index contributed by atoms with van der Waals surface area (Å²) in [5.74, 6) is 0.221. The van der Waals surface area contributed by atoms with E-state index >= 15 is 0 Å². The van der Waals surface area contributed by atoms with Gasteiger partial charge in [-0.3, -0.25) is 4.79 Å². The predicted octanol–water partition coefficient (Wildman–Crippen LogP) is 0.826. The molecular weight excluding hydrogens is 208 g/mol. The number of carbonyl (C=O) groups excluding carboxylic acids is 1. The van der Waals surface area contributed by atoms with E-state index < -0.39 is 5.60 Å². The zero-order valence-electron chi connectivity index (χ0n) is 9.73. The lowest BCUT2D eigenvalue weighted by Crippen LogP contribution is -2.65. The van der Waals surface area contributed by atoms with Gasteiger partial charge in [0.1, 0.15) is 5.60 Å². The largest absolute Gasteiger partial charge is 0.438 e. The smallest absolute Gasteiger partial charge is 0.291 e. The number of hydrogen-bond acceptors (Lipinski definition) is 4. The molecule has 1 aromatic rings. The molecule has 0 aliphatic carbocycles. The lowest BCUT2D eigenvalue weighted by molar-refractivity contribution is -0.111. The van der Waals surface area contributed by atoms with Crippen molar-refractivity contribution in [1.29, 1.82) is 0 Å². The zero-order chi connectivity index (χ0) is 11.9. The van der Waals surface area contributed by atoms with E-state index in [1.807, 2.05) is 13.8 Å². The molecule has 16 heavy (non-hydrogen) atoms. The molecule has 2 heterocycles. The Labute approximate surface area is 94.1 Å². The number of carbonyl (C=O) groups is 1. The summed E-state index contributed by atoms with van der Waals surface area (Å²) in [5, 5.41) is 10.0. The van der Waals surface area contributed by atoms with Crippen LogP contribution in [-0.4, -0.2) is 39.6 Å². The fourth-order valence-corrected chi connectivity index (χ4v) is 1.77. The second-order valence-corrected chi connectivity index (χ2v) is 4.69. The van der Waals surface area contributed by atoms with Crippen LogP contribution >= 0.6 is 0 Å². The van der Waals surface area contributed by atoms with Crippen molar-refractivity contribution < 1.29 is 14.3 Å². The van der Waals surface area contributed by atoms with Crippen LogP contribution in [0.2, 0.25) is 0 Å². The lowest BCUT2D eigenvalue weighted by atomic mass is 9.83. The van der Waals surface area contributed by atoms with Crippen LogP contribution in [0.4, 0.5) is 0 Å². The average Bonchev–Trinajstić information content (AvgIpc) is 2.58. The number of aryl methyl sites for hydroxylation is 1. The topological polar surface area (TPSA) is 66.6 Å². The quantitative estimate of drug-likeness (QED) is 0.807. The first-order valence-electron chi connectivity index (χ1n) is 5.36. The number of aromatic nitrogens is 1. The number of β-amino-alcohol motifs (C(OH)–C–C–N with tert-alkyl or cyclic N) is 1. The van der Waals surface area contributed by atoms with Gasteiger partial charge in [-0.05, 0) is 12.8 Å². The van der Waals surface area contributed by atoms with Crippen molar-refractivity contribution in [2.45, 2.75) is 26.4 Å². The summed E-state index contributed by atoms with van der Waals surface area (Å²) in [6.45, 7) is 6.35. The molecule has 5 nitrogen and oxygen atoms in total. The number of aliphatic hydroxyl groups is 1. The van der Waals surface area contributed by atoms with Crippen molar-refractivity contribution in [3.05, 3.63) is 17.8 Å². The van der Waals surface area contributed by atoms with Gasteiger partial charge >= 0.3 is 0 Å². The minimum atomic E-state index is -0.746. The van der Waals surface area contributed by atoms with Gasteiger partial charge < -0.3 is 14.4 Å². The van der Waals surface area contributed by atoms with E-state index in [9.17, 15) is 9.90 Å². The summed E-state index contributed by atoms with van der Waals surface area (Å²) < 4.78 is 5.03. The van der Waals surface area contributed by atoms with Gasteiger partial charge in [0.2, 0.25) is 5.76 Å². The fourth-order valence-electron chi connectivity index (χ4n) is 1.77. The van der Waals surface area contributed by atoms with Crippen molar-refractivity contribution in [2.24, 2.45) is 5.92 Å². The number of nitrogens with zero attached hydrogens (tertiary/aromatic N) is 2. The van der Waals surface area contributed by atoms with Crippen LogP contribution in [0.3, 0.4) is 0 Å². The third kappa shape index (κ3) is 1.61. The summed E-state index contributed by atoms with van der Waals surface area (Å²) >= 11 is 0. The molecule has 1 fully saturated rings. The molecule has 0 atom stereocenters. The first-order valence-corrected chi connectivity index (χ1v) is 5.36. The number of likely N-dealkylation sites (tertiary alicyclic amines) is 1. The molecule has 2 rings (SSSR count). The highest BCUT2D eigenvalue weighted by molar-refractivity contribution is 5.93. The van der Waals surface area contributed by atoms with Crippen molar-refractivity contribution in [2.75, 3.05) is 13.1 Å². The molecule has 1 amide bonds. The Hall–Kier alpha value is -1.36. The van der Waals surface area contributed by atoms with E-state index in [0.717, 1.165) is 0 Å². The Balaban J connectivity index is 2.04. The molecule has 0 unspecified atom stereocenters. The summed E-state index contributed by atoms with van der Waals surface area (Å²) in [6.07, 6.45) is 1.26. The first kappa shape index (κ1) is 11.1. The minimum Gasteiger partial charge on any atom is -0.438 e. The van der Waals surface area contributed by atoms with Crippen LogP contribution < -0.4 is 0 Å². The van der Waals surface area contributed by atoms with E-state index in [0.29, 0.717) is 18.8 Å². The van der Waals surface area contributed by atoms with Crippen molar-refractivity contribution in [1.82, 2.24) is 9.88 Å². The molecule has 1 aliphatic heterocycles. The van der Waals surface area contributed by atoms with Gasteiger partial charge in [-0.1, -0.05) is 13.8 Å². The van der Waals surface area contributed by atoms with Crippen molar-refractivity contribution in [3.8, 4) is 0 Å². The monoisotopic (exact) mass is 224 g/mol. The highest BCUT2D eigenvalue weighted by Crippen LogP contribution is 2.29. The molecule has 0 saturated carbocycles.